The van der Waals surface area contributed by atoms with Gasteiger partial charge in [0.1, 0.15) is 36.6 Å². The number of aliphatic carboxylic acids is 1. The maximum atomic E-state index is 14.1. The number of aryl methyl sites for hydroxylation is 3. The number of carboxylic acids is 1. The fourth-order valence-electron chi connectivity index (χ4n) is 10.1. The number of ether oxygens (including phenoxy) is 6. The first kappa shape index (κ1) is 57.3. The molecule has 0 spiro atoms. The molecule has 8 N–H and O–H groups in total. The molecule has 4 aromatic rings. The molecule has 0 bridgehead atoms. The number of amides is 2. The zero-order chi connectivity index (χ0) is 53.8. The first-order chi connectivity index (χ1) is 36.0. The van der Waals surface area contributed by atoms with E-state index in [1.807, 2.05) is 43.6 Å². The Bertz CT molecular complexity index is 2470. The topological polar surface area (TPSA) is 305 Å². The minimum absolute atomic E-state index is 0.0259. The van der Waals surface area contributed by atoms with Crippen LogP contribution in [0.5, 0.6) is 0 Å². The number of esters is 1. The number of benzene rings is 2. The molecule has 2 aromatic carbocycles. The van der Waals surface area contributed by atoms with Crippen LogP contribution >= 0.6 is 0 Å². The summed E-state index contributed by atoms with van der Waals surface area (Å²) in [5.41, 5.74) is 2.68. The average molecular weight is 1050 g/mol. The van der Waals surface area contributed by atoms with Crippen LogP contribution in [0.15, 0.2) is 67.0 Å². The molecule has 75 heavy (non-hydrogen) atoms. The highest BCUT2D eigenvalue weighted by Gasteiger charge is 2.53. The van der Waals surface area contributed by atoms with Gasteiger partial charge in [-0.15, -0.1) is 5.10 Å². The largest absolute Gasteiger partial charge is 0.479 e. The van der Waals surface area contributed by atoms with Crippen molar-refractivity contribution in [3.63, 3.8) is 0 Å². The summed E-state index contributed by atoms with van der Waals surface area (Å²) in [5.74, 6) is -3.81. The van der Waals surface area contributed by atoms with Crippen LogP contribution in [-0.2, 0) is 62.3 Å². The zero-order valence-electron chi connectivity index (χ0n) is 43.0. The van der Waals surface area contributed by atoms with Gasteiger partial charge in [0.05, 0.1) is 36.2 Å². The standard InChI is InChI=1S/C53H74N6O16/c1-5-6-7-11-17-39(50(67)68)71-47-43(63)41(29-60)73-53(48(47)74-51(69)33-14-9-8-10-15-33)72-40-27-35(25-30(2)46(40)75-52-45(65)44(64)42(62)31(3)70-52)49(66)54-21-12-16-37-28-59(57-56-37)23-13-22-58-24-20-34-26-36(55-32(4)61)18-19-38(34)58/h8-10,14-15,18-20,24,26,28,30-31,35,39-48,52-53,60,62-65H,5-7,11-13,16-17,21-23,25,27,29H2,1-4H3,(H,54,66)(H,55,61)(H,67,68)/t30?,31?,35?,39-,40+,41?,42+,43-,44?,45?,46?,47?,48?,52-,53+/m0/s1. The molecule has 22 heteroatoms. The van der Waals surface area contributed by atoms with Crippen LogP contribution in [0.3, 0.4) is 0 Å². The van der Waals surface area contributed by atoms with Gasteiger partial charge < -0.3 is 74.3 Å². The number of unbranched alkanes of at least 4 members (excludes halogenated alkanes) is 3. The number of nitrogens with zero attached hydrogens (tertiary/aromatic N) is 4. The van der Waals surface area contributed by atoms with Crippen LogP contribution in [0.25, 0.3) is 10.9 Å². The Labute approximate surface area is 435 Å². The SMILES string of the molecule is CCCCCC[C@H](OC1C(OC(=O)c2ccccc2)[C@H](O[C@@H]2CC(C(=O)NCCCc3cn(CCCn4ccc5cc(NC(C)=O)ccc54)nn3)CC(C)C2O[C@@H]2OC(C)[C@@H](O)C(O)C2O)OC(CO)[C@@H]1O)C(=O)O. The Morgan fingerprint density at radius 2 is 1.63 bits per heavy atom. The lowest BCUT2D eigenvalue weighted by Crippen LogP contribution is -2.64. The number of aromatic nitrogens is 4. The van der Waals surface area contributed by atoms with Gasteiger partial charge in [-0.3, -0.25) is 14.3 Å². The Balaban J connectivity index is 1.04. The van der Waals surface area contributed by atoms with E-state index >= 15 is 0 Å². The van der Waals surface area contributed by atoms with Crippen LogP contribution in [0.2, 0.25) is 0 Å². The van der Waals surface area contributed by atoms with Crippen molar-refractivity contribution >= 4 is 40.3 Å². The molecular formula is C53H74N6O16. The monoisotopic (exact) mass is 1050 g/mol. The van der Waals surface area contributed by atoms with Crippen molar-refractivity contribution < 1.29 is 78.2 Å². The maximum absolute atomic E-state index is 14.1. The lowest BCUT2D eigenvalue weighted by Gasteiger charge is -2.48. The quantitative estimate of drug-likeness (QED) is 0.0349. The molecule has 3 fully saturated rings. The zero-order valence-corrected chi connectivity index (χ0v) is 43.0. The predicted molar refractivity (Wildman–Crippen MR) is 269 cm³/mol. The minimum Gasteiger partial charge on any atom is -0.479 e. The van der Waals surface area contributed by atoms with Gasteiger partial charge in [-0.05, 0) is 87.8 Å². The highest BCUT2D eigenvalue weighted by atomic mass is 16.7. The van der Waals surface area contributed by atoms with E-state index in [9.17, 15) is 49.8 Å². The fourth-order valence-corrected chi connectivity index (χ4v) is 10.1. The van der Waals surface area contributed by atoms with E-state index in [1.165, 1.54) is 26.0 Å². The summed E-state index contributed by atoms with van der Waals surface area (Å²) < 4.78 is 41.2. The van der Waals surface area contributed by atoms with Crippen molar-refractivity contribution in [2.45, 2.75) is 185 Å². The van der Waals surface area contributed by atoms with E-state index < -0.39 is 110 Å². The highest BCUT2D eigenvalue weighted by molar-refractivity contribution is 5.92. The number of hydrogen-bond acceptors (Lipinski definition) is 17. The van der Waals surface area contributed by atoms with Gasteiger partial charge in [-0.25, -0.2) is 9.59 Å². The minimum atomic E-state index is -1.70. The van der Waals surface area contributed by atoms with Gasteiger partial charge >= 0.3 is 11.9 Å². The number of hydrogen-bond donors (Lipinski definition) is 8. The molecule has 4 heterocycles. The normalized spacial score (nSPS) is 29.4. The number of fused-ring (bicyclic) bond motifs is 1. The van der Waals surface area contributed by atoms with Crippen molar-refractivity contribution in [2.75, 3.05) is 18.5 Å². The van der Waals surface area contributed by atoms with Crippen molar-refractivity contribution in [1.82, 2.24) is 24.9 Å². The summed E-state index contributed by atoms with van der Waals surface area (Å²) in [5, 5.41) is 80.1. The van der Waals surface area contributed by atoms with Crippen molar-refractivity contribution in [2.24, 2.45) is 11.8 Å². The summed E-state index contributed by atoms with van der Waals surface area (Å²) in [6.07, 6.45) is -9.65. The molecule has 2 aromatic heterocycles. The molecule has 2 saturated heterocycles. The number of carbonyl (C=O) groups excluding carboxylic acids is 3. The van der Waals surface area contributed by atoms with Crippen molar-refractivity contribution in [3.05, 3.63) is 78.2 Å². The summed E-state index contributed by atoms with van der Waals surface area (Å²) in [6, 6.07) is 15.8. The number of nitrogens with one attached hydrogen (secondary N) is 2. The van der Waals surface area contributed by atoms with E-state index in [0.29, 0.717) is 32.4 Å². The van der Waals surface area contributed by atoms with Gasteiger partial charge in [-0.1, -0.05) is 62.9 Å². The van der Waals surface area contributed by atoms with Gasteiger partial charge in [0, 0.05) is 61.5 Å². The third-order valence-electron chi connectivity index (χ3n) is 14.2. The molecule has 15 atom stereocenters. The fraction of sp³-hybridized carbons (Fsp3) is 0.623. The third kappa shape index (κ3) is 15.0. The molecule has 2 amide bonds. The first-order valence-corrected chi connectivity index (χ1v) is 26.2. The molecule has 9 unspecified atom stereocenters. The number of carboxylic acid groups (broad SMARTS) is 1. The molecule has 1 aliphatic carbocycles. The van der Waals surface area contributed by atoms with Crippen molar-refractivity contribution in [1.29, 1.82) is 0 Å². The van der Waals surface area contributed by atoms with Crippen LogP contribution in [0.1, 0.15) is 102 Å². The van der Waals surface area contributed by atoms with Gasteiger partial charge in [0.25, 0.3) is 0 Å². The van der Waals surface area contributed by atoms with E-state index in [4.69, 9.17) is 28.4 Å². The van der Waals surface area contributed by atoms with E-state index in [-0.39, 0.29) is 36.6 Å². The number of carbonyl (C=O) groups is 4. The number of aliphatic hydroxyl groups is 5. The van der Waals surface area contributed by atoms with Crippen molar-refractivity contribution in [3.8, 4) is 0 Å². The van der Waals surface area contributed by atoms with Crippen LogP contribution in [0, 0.1) is 11.8 Å². The second kappa shape index (κ2) is 27.1. The maximum Gasteiger partial charge on any atom is 0.338 e. The lowest BCUT2D eigenvalue weighted by molar-refractivity contribution is -0.349. The second-order valence-electron chi connectivity index (χ2n) is 20.0. The Kier molecular flexibility index (Phi) is 20.7. The number of aliphatic hydroxyl groups excluding tert-OH is 5. The van der Waals surface area contributed by atoms with E-state index in [0.717, 1.165) is 54.5 Å². The van der Waals surface area contributed by atoms with Gasteiger partial charge in [0.2, 0.25) is 11.8 Å². The summed E-state index contributed by atoms with van der Waals surface area (Å²) in [6.45, 7) is 7.71. The average Bonchev–Trinajstić information content (AvgIpc) is 4.03. The summed E-state index contributed by atoms with van der Waals surface area (Å²) in [4.78, 5) is 52.0. The molecular weight excluding hydrogens is 977 g/mol. The van der Waals surface area contributed by atoms with Gasteiger partial charge in [-0.2, -0.15) is 0 Å². The van der Waals surface area contributed by atoms with Crippen LogP contribution in [0.4, 0.5) is 5.69 Å². The molecule has 3 aliphatic rings. The predicted octanol–water partition coefficient (Wildman–Crippen LogP) is 3.09. The second-order valence-corrected chi connectivity index (χ2v) is 20.0. The highest BCUT2D eigenvalue weighted by Crippen LogP contribution is 2.39. The number of rotatable bonds is 25. The third-order valence-corrected chi connectivity index (χ3v) is 14.2. The Morgan fingerprint density at radius 1 is 0.840 bits per heavy atom. The summed E-state index contributed by atoms with van der Waals surface area (Å²) in [7, 11) is 0. The van der Waals surface area contributed by atoms with Crippen LogP contribution in [-0.4, -0.2) is 167 Å². The first-order valence-electron chi connectivity index (χ1n) is 26.2. The lowest BCUT2D eigenvalue weighted by atomic mass is 9.77. The number of anilines is 1. The summed E-state index contributed by atoms with van der Waals surface area (Å²) >= 11 is 0. The Hall–Kier alpha value is -5.40. The van der Waals surface area contributed by atoms with Gasteiger partial charge in [0.15, 0.2) is 24.8 Å². The molecule has 1 saturated carbocycles. The van der Waals surface area contributed by atoms with Crippen LogP contribution < -0.4 is 10.6 Å². The van der Waals surface area contributed by atoms with E-state index in [2.05, 4.69) is 25.5 Å². The smallest absolute Gasteiger partial charge is 0.338 e. The molecule has 2 aliphatic heterocycles. The molecule has 7 rings (SSSR count). The van der Waals surface area contributed by atoms with E-state index in [1.54, 1.807) is 29.8 Å². The molecule has 412 valence electrons. The Morgan fingerprint density at radius 3 is 2.36 bits per heavy atom. The molecule has 22 nitrogen and oxygen atoms in total. The molecule has 0 radical (unpaired) electrons.